The molecule has 0 unspecified atom stereocenters. The van der Waals surface area contributed by atoms with Gasteiger partial charge in [-0.05, 0) is 48.7 Å². The summed E-state index contributed by atoms with van der Waals surface area (Å²) in [4.78, 5) is 10.8. The quantitative estimate of drug-likeness (QED) is 0.877. The molecule has 3 heteroatoms. The fourth-order valence-corrected chi connectivity index (χ4v) is 1.89. The number of rotatable bonds is 4. The highest BCUT2D eigenvalue weighted by Gasteiger charge is 2.02. The Morgan fingerprint density at radius 3 is 2.42 bits per heavy atom. The van der Waals surface area contributed by atoms with Crippen LogP contribution in [0.15, 0.2) is 42.5 Å². The third-order valence-electron chi connectivity index (χ3n) is 3.08. The number of benzene rings is 2. The van der Waals surface area contributed by atoms with Gasteiger partial charge >= 0.3 is 5.97 Å². The summed E-state index contributed by atoms with van der Waals surface area (Å²) in [5.74, 6) is -0.894. The number of carboxylic acid groups (broad SMARTS) is 1. The molecule has 0 fully saturated rings. The van der Waals surface area contributed by atoms with Gasteiger partial charge in [0.2, 0.25) is 0 Å². The zero-order valence-corrected chi connectivity index (χ0v) is 11.1. The van der Waals surface area contributed by atoms with E-state index in [0.717, 1.165) is 11.3 Å². The van der Waals surface area contributed by atoms with Crippen molar-refractivity contribution in [3.63, 3.8) is 0 Å². The van der Waals surface area contributed by atoms with Gasteiger partial charge in [0, 0.05) is 12.2 Å². The van der Waals surface area contributed by atoms with Crippen LogP contribution in [0, 0.1) is 13.8 Å². The average Bonchev–Trinajstić information content (AvgIpc) is 2.40. The number of hydrogen-bond acceptors (Lipinski definition) is 2. The molecule has 0 amide bonds. The van der Waals surface area contributed by atoms with Crippen LogP contribution in [0.4, 0.5) is 5.69 Å². The lowest BCUT2D eigenvalue weighted by atomic mass is 10.1. The highest BCUT2D eigenvalue weighted by Crippen LogP contribution is 2.17. The lowest BCUT2D eigenvalue weighted by Crippen LogP contribution is -2.02. The van der Waals surface area contributed by atoms with E-state index in [-0.39, 0.29) is 0 Å². The van der Waals surface area contributed by atoms with E-state index in [9.17, 15) is 4.79 Å². The summed E-state index contributed by atoms with van der Waals surface area (Å²) in [6.07, 6.45) is 0. The van der Waals surface area contributed by atoms with E-state index < -0.39 is 5.97 Å². The van der Waals surface area contributed by atoms with Gasteiger partial charge in [0.15, 0.2) is 0 Å². The van der Waals surface area contributed by atoms with Crippen LogP contribution in [0.3, 0.4) is 0 Å². The average molecular weight is 255 g/mol. The molecule has 0 bridgehead atoms. The molecule has 0 saturated carbocycles. The van der Waals surface area contributed by atoms with Gasteiger partial charge in [0.25, 0.3) is 0 Å². The third-order valence-corrected chi connectivity index (χ3v) is 3.08. The maximum Gasteiger partial charge on any atom is 0.335 e. The lowest BCUT2D eigenvalue weighted by molar-refractivity contribution is 0.0697. The summed E-state index contributed by atoms with van der Waals surface area (Å²) in [5.41, 5.74) is 4.91. The Labute approximate surface area is 112 Å². The zero-order valence-electron chi connectivity index (χ0n) is 11.1. The number of nitrogens with one attached hydrogen (secondary N) is 1. The molecule has 0 radical (unpaired) electrons. The van der Waals surface area contributed by atoms with Gasteiger partial charge in [-0.15, -0.1) is 0 Å². The van der Waals surface area contributed by atoms with Crippen LogP contribution in [-0.2, 0) is 6.54 Å². The highest BCUT2D eigenvalue weighted by atomic mass is 16.4. The summed E-state index contributed by atoms with van der Waals surface area (Å²) < 4.78 is 0. The van der Waals surface area contributed by atoms with Gasteiger partial charge in [-0.2, -0.15) is 0 Å². The molecule has 0 spiro atoms. The van der Waals surface area contributed by atoms with Gasteiger partial charge < -0.3 is 10.4 Å². The Hall–Kier alpha value is -2.29. The van der Waals surface area contributed by atoms with Gasteiger partial charge in [-0.3, -0.25) is 0 Å². The molecular weight excluding hydrogens is 238 g/mol. The van der Waals surface area contributed by atoms with E-state index in [1.54, 1.807) is 12.1 Å². The number of carboxylic acids is 1. The minimum Gasteiger partial charge on any atom is -0.478 e. The second kappa shape index (κ2) is 5.57. The van der Waals surface area contributed by atoms with Crippen molar-refractivity contribution in [3.8, 4) is 0 Å². The second-order valence-corrected chi connectivity index (χ2v) is 4.67. The summed E-state index contributed by atoms with van der Waals surface area (Å²) in [7, 11) is 0. The van der Waals surface area contributed by atoms with E-state index in [1.807, 2.05) is 12.1 Å². The van der Waals surface area contributed by atoms with E-state index >= 15 is 0 Å². The maximum atomic E-state index is 10.8. The van der Waals surface area contributed by atoms with Crippen molar-refractivity contribution in [1.29, 1.82) is 0 Å². The number of anilines is 1. The zero-order chi connectivity index (χ0) is 13.8. The molecular formula is C16H17NO2. The van der Waals surface area contributed by atoms with Crippen molar-refractivity contribution in [1.82, 2.24) is 0 Å². The minimum absolute atomic E-state index is 0.315. The van der Waals surface area contributed by atoms with Crippen molar-refractivity contribution in [2.24, 2.45) is 0 Å². The molecule has 0 saturated heterocycles. The molecule has 2 rings (SSSR count). The van der Waals surface area contributed by atoms with E-state index in [2.05, 4.69) is 37.4 Å². The SMILES string of the molecule is Cc1ccc(C)c(NCc2ccc(C(=O)O)cc2)c1. The molecule has 0 aliphatic rings. The summed E-state index contributed by atoms with van der Waals surface area (Å²) in [6.45, 7) is 4.81. The van der Waals surface area contributed by atoms with Gasteiger partial charge in [0.1, 0.15) is 0 Å². The van der Waals surface area contributed by atoms with E-state index in [1.165, 1.54) is 11.1 Å². The van der Waals surface area contributed by atoms with Crippen LogP contribution in [0.5, 0.6) is 0 Å². The van der Waals surface area contributed by atoms with Crippen molar-refractivity contribution in [3.05, 3.63) is 64.7 Å². The Bertz CT molecular complexity index is 588. The summed E-state index contributed by atoms with van der Waals surface area (Å²) in [5, 5.41) is 12.2. The van der Waals surface area contributed by atoms with Crippen molar-refractivity contribution in [2.75, 3.05) is 5.32 Å². The molecule has 2 N–H and O–H groups in total. The van der Waals surface area contributed by atoms with Crippen LogP contribution >= 0.6 is 0 Å². The Morgan fingerprint density at radius 2 is 1.79 bits per heavy atom. The number of hydrogen-bond donors (Lipinski definition) is 2. The molecule has 2 aromatic rings. The van der Waals surface area contributed by atoms with E-state index in [0.29, 0.717) is 12.1 Å². The van der Waals surface area contributed by atoms with Gasteiger partial charge in [-0.1, -0.05) is 24.3 Å². The van der Waals surface area contributed by atoms with Crippen LogP contribution in [0.25, 0.3) is 0 Å². The molecule has 0 atom stereocenters. The van der Waals surface area contributed by atoms with Crippen LogP contribution in [0.1, 0.15) is 27.0 Å². The topological polar surface area (TPSA) is 49.3 Å². The first kappa shape index (κ1) is 13.1. The molecule has 0 aliphatic heterocycles. The number of aryl methyl sites for hydroxylation is 2. The molecule has 0 heterocycles. The molecule has 2 aromatic carbocycles. The highest BCUT2D eigenvalue weighted by molar-refractivity contribution is 5.87. The van der Waals surface area contributed by atoms with Crippen LogP contribution < -0.4 is 5.32 Å². The first-order chi connectivity index (χ1) is 9.06. The fraction of sp³-hybridized carbons (Fsp3) is 0.188. The van der Waals surface area contributed by atoms with Crippen molar-refractivity contribution < 1.29 is 9.90 Å². The Kier molecular flexibility index (Phi) is 3.85. The summed E-state index contributed by atoms with van der Waals surface area (Å²) >= 11 is 0. The molecule has 3 nitrogen and oxygen atoms in total. The van der Waals surface area contributed by atoms with Crippen molar-refractivity contribution >= 4 is 11.7 Å². The smallest absolute Gasteiger partial charge is 0.335 e. The van der Waals surface area contributed by atoms with Crippen LogP contribution in [-0.4, -0.2) is 11.1 Å². The monoisotopic (exact) mass is 255 g/mol. The van der Waals surface area contributed by atoms with Crippen LogP contribution in [0.2, 0.25) is 0 Å². The standard InChI is InChI=1S/C16H17NO2/c1-11-3-4-12(2)15(9-11)17-10-13-5-7-14(8-6-13)16(18)19/h3-9,17H,10H2,1-2H3,(H,18,19). The van der Waals surface area contributed by atoms with E-state index in [4.69, 9.17) is 5.11 Å². The summed E-state index contributed by atoms with van der Waals surface area (Å²) in [6, 6.07) is 13.2. The number of carbonyl (C=O) groups is 1. The predicted octanol–water partition coefficient (Wildman–Crippen LogP) is 3.61. The largest absolute Gasteiger partial charge is 0.478 e. The lowest BCUT2D eigenvalue weighted by Gasteiger charge is -2.10. The van der Waals surface area contributed by atoms with Gasteiger partial charge in [0.05, 0.1) is 5.56 Å². The maximum absolute atomic E-state index is 10.8. The van der Waals surface area contributed by atoms with Crippen molar-refractivity contribution in [2.45, 2.75) is 20.4 Å². The minimum atomic E-state index is -0.894. The molecule has 19 heavy (non-hydrogen) atoms. The molecule has 98 valence electrons. The first-order valence-corrected chi connectivity index (χ1v) is 6.19. The number of aromatic carboxylic acids is 1. The third kappa shape index (κ3) is 3.35. The fourth-order valence-electron chi connectivity index (χ4n) is 1.89. The molecule has 0 aliphatic carbocycles. The van der Waals surface area contributed by atoms with Gasteiger partial charge in [-0.25, -0.2) is 4.79 Å². The normalized spacial score (nSPS) is 10.2. The second-order valence-electron chi connectivity index (χ2n) is 4.67. The Morgan fingerprint density at radius 1 is 1.11 bits per heavy atom. The first-order valence-electron chi connectivity index (χ1n) is 6.19. The molecule has 0 aromatic heterocycles. The predicted molar refractivity (Wildman–Crippen MR) is 76.6 cm³/mol. The Balaban J connectivity index is 2.06.